The van der Waals surface area contributed by atoms with Crippen LogP contribution in [-0.4, -0.2) is 18.1 Å². The molecule has 0 bridgehead atoms. The van der Waals surface area contributed by atoms with Gasteiger partial charge in [-0.25, -0.2) is 0 Å². The van der Waals surface area contributed by atoms with Gasteiger partial charge < -0.3 is 15.8 Å². The van der Waals surface area contributed by atoms with Crippen molar-refractivity contribution in [1.82, 2.24) is 0 Å². The Labute approximate surface area is 122 Å². The van der Waals surface area contributed by atoms with E-state index in [2.05, 4.69) is 5.32 Å². The second-order valence-corrected chi connectivity index (χ2v) is 4.54. The van der Waals surface area contributed by atoms with Crippen molar-refractivity contribution in [3.8, 4) is 5.75 Å². The highest BCUT2D eigenvalue weighted by atomic mass is 16.6. The first-order valence-corrected chi connectivity index (χ1v) is 6.55. The number of rotatable bonds is 6. The Kier molecular flexibility index (Phi) is 4.73. The van der Waals surface area contributed by atoms with E-state index in [0.29, 0.717) is 18.7 Å². The van der Waals surface area contributed by atoms with Crippen molar-refractivity contribution in [2.45, 2.75) is 6.92 Å². The number of hydrogen-bond donors (Lipinski definition) is 2. The molecule has 110 valence electrons. The fourth-order valence-corrected chi connectivity index (χ4v) is 1.92. The lowest BCUT2D eigenvalue weighted by molar-refractivity contribution is -0.385. The number of nitro benzene ring substituents is 1. The summed E-state index contributed by atoms with van der Waals surface area (Å²) in [5.41, 5.74) is 7.78. The highest BCUT2D eigenvalue weighted by Gasteiger charge is 2.10. The van der Waals surface area contributed by atoms with Crippen LogP contribution in [0.4, 0.5) is 17.1 Å². The maximum atomic E-state index is 10.8. The summed E-state index contributed by atoms with van der Waals surface area (Å²) in [5, 5.41) is 14.0. The molecule has 2 aromatic rings. The summed E-state index contributed by atoms with van der Waals surface area (Å²) in [4.78, 5) is 10.4. The summed E-state index contributed by atoms with van der Waals surface area (Å²) in [6, 6.07) is 12.4. The Morgan fingerprint density at radius 1 is 1.19 bits per heavy atom. The molecule has 0 aromatic heterocycles. The van der Waals surface area contributed by atoms with Gasteiger partial charge in [0, 0.05) is 29.5 Å². The van der Waals surface area contributed by atoms with Gasteiger partial charge in [0.05, 0.1) is 4.92 Å². The first kappa shape index (κ1) is 14.8. The van der Waals surface area contributed by atoms with Gasteiger partial charge in [0.15, 0.2) is 0 Å². The van der Waals surface area contributed by atoms with E-state index in [0.717, 1.165) is 17.1 Å². The van der Waals surface area contributed by atoms with Crippen molar-refractivity contribution in [3.05, 3.63) is 58.1 Å². The molecule has 21 heavy (non-hydrogen) atoms. The van der Waals surface area contributed by atoms with Gasteiger partial charge in [-0.3, -0.25) is 10.1 Å². The molecule has 6 heteroatoms. The van der Waals surface area contributed by atoms with Gasteiger partial charge in [-0.05, 0) is 43.3 Å². The van der Waals surface area contributed by atoms with Crippen molar-refractivity contribution in [1.29, 1.82) is 0 Å². The van der Waals surface area contributed by atoms with E-state index < -0.39 is 0 Å². The molecule has 0 heterocycles. The highest BCUT2D eigenvalue weighted by molar-refractivity contribution is 5.63. The summed E-state index contributed by atoms with van der Waals surface area (Å²) in [6.45, 7) is 2.67. The molecule has 0 aliphatic carbocycles. The minimum atomic E-state index is -0.386. The highest BCUT2D eigenvalue weighted by Crippen LogP contribution is 2.25. The van der Waals surface area contributed by atoms with E-state index in [4.69, 9.17) is 10.5 Å². The molecule has 2 aromatic carbocycles. The second kappa shape index (κ2) is 6.71. The maximum Gasteiger partial charge on any atom is 0.272 e. The molecule has 3 N–H and O–H groups in total. The van der Waals surface area contributed by atoms with E-state index in [1.807, 2.05) is 24.3 Å². The zero-order valence-electron chi connectivity index (χ0n) is 11.7. The number of benzene rings is 2. The van der Waals surface area contributed by atoms with Crippen LogP contribution in [0, 0.1) is 17.0 Å². The van der Waals surface area contributed by atoms with Crippen molar-refractivity contribution in [3.63, 3.8) is 0 Å². The molecular formula is C15H17N3O3. The van der Waals surface area contributed by atoms with Gasteiger partial charge in [-0.15, -0.1) is 0 Å². The third-order valence-electron chi connectivity index (χ3n) is 2.92. The van der Waals surface area contributed by atoms with Crippen LogP contribution in [0.15, 0.2) is 42.5 Å². The standard InChI is InChI=1S/C15H17N3O3/c1-11-10-13(4-7-15(11)18(19)20)17-12-2-5-14(6-3-12)21-9-8-16/h2-7,10,17H,8-9,16H2,1H3. The molecule has 0 unspecified atom stereocenters. The van der Waals surface area contributed by atoms with Crippen LogP contribution in [0.3, 0.4) is 0 Å². The zero-order valence-corrected chi connectivity index (χ0v) is 11.7. The van der Waals surface area contributed by atoms with Crippen molar-refractivity contribution >= 4 is 17.1 Å². The first-order valence-electron chi connectivity index (χ1n) is 6.55. The van der Waals surface area contributed by atoms with Crippen LogP contribution in [0.5, 0.6) is 5.75 Å². The van der Waals surface area contributed by atoms with Crippen LogP contribution in [0.25, 0.3) is 0 Å². The number of ether oxygens (including phenoxy) is 1. The number of anilines is 2. The van der Waals surface area contributed by atoms with Crippen molar-refractivity contribution in [2.75, 3.05) is 18.5 Å². The molecule has 0 aliphatic rings. The predicted molar refractivity (Wildman–Crippen MR) is 82.1 cm³/mol. The second-order valence-electron chi connectivity index (χ2n) is 4.54. The summed E-state index contributed by atoms with van der Waals surface area (Å²) in [5.74, 6) is 0.755. The minimum Gasteiger partial charge on any atom is -0.492 e. The lowest BCUT2D eigenvalue weighted by Crippen LogP contribution is -2.10. The molecule has 0 aliphatic heterocycles. The first-order chi connectivity index (χ1) is 10.1. The van der Waals surface area contributed by atoms with Crippen LogP contribution in [0.1, 0.15) is 5.56 Å². The molecule has 0 spiro atoms. The van der Waals surface area contributed by atoms with Crippen LogP contribution in [0.2, 0.25) is 0 Å². The average molecular weight is 287 g/mol. The molecule has 0 saturated carbocycles. The molecule has 0 fully saturated rings. The normalized spacial score (nSPS) is 10.2. The molecule has 0 amide bonds. The summed E-state index contributed by atoms with van der Waals surface area (Å²) in [6.07, 6.45) is 0. The number of nitrogens with two attached hydrogens (primary N) is 1. The minimum absolute atomic E-state index is 0.117. The Hall–Kier alpha value is -2.60. The molecule has 2 rings (SSSR count). The Morgan fingerprint density at radius 3 is 2.43 bits per heavy atom. The summed E-state index contributed by atoms with van der Waals surface area (Å²) >= 11 is 0. The van der Waals surface area contributed by atoms with E-state index in [-0.39, 0.29) is 10.6 Å². The average Bonchev–Trinajstić information content (AvgIpc) is 2.46. The molecule has 0 saturated heterocycles. The fraction of sp³-hybridized carbons (Fsp3) is 0.200. The summed E-state index contributed by atoms with van der Waals surface area (Å²) < 4.78 is 5.39. The van der Waals surface area contributed by atoms with Gasteiger partial charge in [-0.2, -0.15) is 0 Å². The lowest BCUT2D eigenvalue weighted by Gasteiger charge is -2.09. The third-order valence-corrected chi connectivity index (χ3v) is 2.92. The van der Waals surface area contributed by atoms with Gasteiger partial charge >= 0.3 is 0 Å². The number of aryl methyl sites for hydroxylation is 1. The molecule has 0 atom stereocenters. The zero-order chi connectivity index (χ0) is 15.2. The van der Waals surface area contributed by atoms with Crippen LogP contribution in [-0.2, 0) is 0 Å². The molecule has 0 radical (unpaired) electrons. The third kappa shape index (κ3) is 3.93. The Morgan fingerprint density at radius 2 is 1.86 bits per heavy atom. The Bertz CT molecular complexity index is 627. The number of nitro groups is 1. The monoisotopic (exact) mass is 287 g/mol. The van der Waals surface area contributed by atoms with Crippen molar-refractivity contribution in [2.24, 2.45) is 5.73 Å². The van der Waals surface area contributed by atoms with Crippen LogP contribution >= 0.6 is 0 Å². The smallest absolute Gasteiger partial charge is 0.272 e. The number of nitrogens with zero attached hydrogens (tertiary/aromatic N) is 1. The van der Waals surface area contributed by atoms with Crippen molar-refractivity contribution < 1.29 is 9.66 Å². The van der Waals surface area contributed by atoms with Crippen LogP contribution < -0.4 is 15.8 Å². The maximum absolute atomic E-state index is 10.8. The van der Waals surface area contributed by atoms with Gasteiger partial charge in [0.2, 0.25) is 0 Å². The Balaban J connectivity index is 2.07. The molecular weight excluding hydrogens is 270 g/mol. The van der Waals surface area contributed by atoms with Gasteiger partial charge in [-0.1, -0.05) is 0 Å². The molecule has 6 nitrogen and oxygen atoms in total. The largest absolute Gasteiger partial charge is 0.492 e. The van der Waals surface area contributed by atoms with E-state index in [1.165, 1.54) is 6.07 Å². The van der Waals surface area contributed by atoms with Gasteiger partial charge in [0.25, 0.3) is 5.69 Å². The van der Waals surface area contributed by atoms with Gasteiger partial charge in [0.1, 0.15) is 12.4 Å². The lowest BCUT2D eigenvalue weighted by atomic mass is 10.1. The topological polar surface area (TPSA) is 90.4 Å². The number of nitrogens with one attached hydrogen (secondary N) is 1. The summed E-state index contributed by atoms with van der Waals surface area (Å²) in [7, 11) is 0. The SMILES string of the molecule is Cc1cc(Nc2ccc(OCCN)cc2)ccc1[N+](=O)[O-]. The quantitative estimate of drug-likeness (QED) is 0.629. The predicted octanol–water partition coefficient (Wildman–Crippen LogP) is 2.98. The fourth-order valence-electron chi connectivity index (χ4n) is 1.92. The van der Waals surface area contributed by atoms with E-state index in [9.17, 15) is 10.1 Å². The van der Waals surface area contributed by atoms with E-state index in [1.54, 1.807) is 19.1 Å². The number of hydrogen-bond acceptors (Lipinski definition) is 5. The van der Waals surface area contributed by atoms with E-state index >= 15 is 0 Å².